The Morgan fingerprint density at radius 1 is 1.17 bits per heavy atom. The molecule has 2 N–H and O–H groups in total. The molecule has 7 heteroatoms. The number of aromatic nitrogens is 2. The fraction of sp³-hybridized carbons (Fsp3) is 0.312. The van der Waals surface area contributed by atoms with E-state index in [1.54, 1.807) is 25.6 Å². The molecule has 0 unspecified atom stereocenters. The van der Waals surface area contributed by atoms with E-state index in [0.717, 1.165) is 16.9 Å². The van der Waals surface area contributed by atoms with E-state index in [4.69, 9.17) is 4.74 Å². The van der Waals surface area contributed by atoms with Gasteiger partial charge in [-0.1, -0.05) is 6.07 Å². The van der Waals surface area contributed by atoms with Crippen LogP contribution in [0.25, 0.3) is 0 Å². The molecular formula is C16H21N5O2. The van der Waals surface area contributed by atoms with E-state index in [0.29, 0.717) is 19.0 Å². The lowest BCUT2D eigenvalue weighted by Gasteiger charge is -2.16. The first-order chi connectivity index (χ1) is 11.1. The molecule has 2 heterocycles. The van der Waals surface area contributed by atoms with Crippen LogP contribution in [0.5, 0.6) is 5.88 Å². The molecule has 0 aliphatic heterocycles. The van der Waals surface area contributed by atoms with Crippen LogP contribution >= 0.6 is 0 Å². The van der Waals surface area contributed by atoms with Gasteiger partial charge in [0.25, 0.3) is 0 Å². The Kier molecular flexibility index (Phi) is 5.74. The summed E-state index contributed by atoms with van der Waals surface area (Å²) in [5.41, 5.74) is 1.88. The number of amides is 2. The zero-order valence-corrected chi connectivity index (χ0v) is 13.5. The quantitative estimate of drug-likeness (QED) is 0.845. The maximum atomic E-state index is 11.9. The minimum atomic E-state index is -0.241. The van der Waals surface area contributed by atoms with Crippen molar-refractivity contribution in [1.29, 1.82) is 0 Å². The van der Waals surface area contributed by atoms with Crippen LogP contribution in [0.3, 0.4) is 0 Å². The number of carbonyl (C=O) groups excluding carboxylic acids is 1. The number of rotatable bonds is 6. The van der Waals surface area contributed by atoms with Gasteiger partial charge in [0.1, 0.15) is 5.82 Å². The third-order valence-corrected chi connectivity index (χ3v) is 3.19. The molecule has 2 rings (SSSR count). The minimum absolute atomic E-state index is 0.241. The van der Waals surface area contributed by atoms with Crippen LogP contribution in [0.15, 0.2) is 36.7 Å². The number of hydrogen-bond donors (Lipinski definition) is 2. The number of ether oxygens (including phenoxy) is 1. The number of pyridine rings is 2. The van der Waals surface area contributed by atoms with Crippen LogP contribution in [0.4, 0.5) is 10.6 Å². The molecule has 2 amide bonds. The highest BCUT2D eigenvalue weighted by atomic mass is 16.5. The zero-order chi connectivity index (χ0) is 16.7. The van der Waals surface area contributed by atoms with Gasteiger partial charge in [-0.2, -0.15) is 0 Å². The number of nitrogens with zero attached hydrogens (tertiary/aromatic N) is 3. The molecule has 0 aliphatic carbocycles. The minimum Gasteiger partial charge on any atom is -0.481 e. The molecule has 0 aromatic carbocycles. The molecule has 7 nitrogen and oxygen atoms in total. The SMILES string of the molecule is COc1cc(CNC(=O)NCc2cccnc2N(C)C)ccn1. The van der Waals surface area contributed by atoms with E-state index < -0.39 is 0 Å². The second-order valence-corrected chi connectivity index (χ2v) is 5.12. The van der Waals surface area contributed by atoms with Crippen molar-refractivity contribution in [2.75, 3.05) is 26.1 Å². The van der Waals surface area contributed by atoms with Crippen LogP contribution in [0, 0.1) is 0 Å². The second kappa shape index (κ2) is 7.98. The zero-order valence-electron chi connectivity index (χ0n) is 13.5. The molecule has 0 saturated carbocycles. The molecule has 0 fully saturated rings. The van der Waals surface area contributed by atoms with Crippen molar-refractivity contribution in [3.63, 3.8) is 0 Å². The molecule has 0 spiro atoms. The molecular weight excluding hydrogens is 294 g/mol. The highest BCUT2D eigenvalue weighted by Gasteiger charge is 2.07. The lowest BCUT2D eigenvalue weighted by Crippen LogP contribution is -2.35. The summed E-state index contributed by atoms with van der Waals surface area (Å²) >= 11 is 0. The number of anilines is 1. The van der Waals surface area contributed by atoms with Gasteiger partial charge in [-0.3, -0.25) is 0 Å². The van der Waals surface area contributed by atoms with Crippen LogP contribution in [0.1, 0.15) is 11.1 Å². The number of nitrogens with one attached hydrogen (secondary N) is 2. The lowest BCUT2D eigenvalue weighted by atomic mass is 10.2. The van der Waals surface area contributed by atoms with Crippen molar-refractivity contribution < 1.29 is 9.53 Å². The number of urea groups is 1. The van der Waals surface area contributed by atoms with Crippen LogP contribution < -0.4 is 20.3 Å². The number of carbonyl (C=O) groups is 1. The standard InChI is InChI=1S/C16H21N5O2/c1-21(2)15-13(5-4-7-18-15)11-20-16(22)19-10-12-6-8-17-14(9-12)23-3/h4-9H,10-11H2,1-3H3,(H2,19,20,22). The Bertz CT molecular complexity index is 660. The molecule has 2 aromatic rings. The van der Waals surface area contributed by atoms with E-state index >= 15 is 0 Å². The largest absolute Gasteiger partial charge is 0.481 e. The maximum Gasteiger partial charge on any atom is 0.315 e. The van der Waals surface area contributed by atoms with Gasteiger partial charge in [-0.05, 0) is 17.7 Å². The van der Waals surface area contributed by atoms with E-state index in [2.05, 4.69) is 20.6 Å². The van der Waals surface area contributed by atoms with Crippen molar-refractivity contribution in [1.82, 2.24) is 20.6 Å². The maximum absolute atomic E-state index is 11.9. The Hall–Kier alpha value is -2.83. The first kappa shape index (κ1) is 16.5. The summed E-state index contributed by atoms with van der Waals surface area (Å²) in [6, 6.07) is 7.16. The fourth-order valence-corrected chi connectivity index (χ4v) is 2.06. The summed E-state index contributed by atoms with van der Waals surface area (Å²) in [5.74, 6) is 1.36. The van der Waals surface area contributed by atoms with Crippen molar-refractivity contribution in [3.8, 4) is 5.88 Å². The van der Waals surface area contributed by atoms with E-state index in [1.165, 1.54) is 0 Å². The van der Waals surface area contributed by atoms with Gasteiger partial charge in [0.15, 0.2) is 0 Å². The van der Waals surface area contributed by atoms with Gasteiger partial charge in [0, 0.05) is 51.2 Å². The molecule has 0 bridgehead atoms. The predicted octanol–water partition coefficient (Wildman–Crippen LogP) is 1.55. The highest BCUT2D eigenvalue weighted by molar-refractivity contribution is 5.74. The first-order valence-corrected chi connectivity index (χ1v) is 7.22. The van der Waals surface area contributed by atoms with Crippen molar-refractivity contribution in [3.05, 3.63) is 47.8 Å². The van der Waals surface area contributed by atoms with Crippen LogP contribution in [0.2, 0.25) is 0 Å². The number of hydrogen-bond acceptors (Lipinski definition) is 5. The summed E-state index contributed by atoms with van der Waals surface area (Å²) < 4.78 is 5.05. The molecule has 0 radical (unpaired) electrons. The monoisotopic (exact) mass is 315 g/mol. The molecule has 0 aliphatic rings. The number of methoxy groups -OCH3 is 1. The molecule has 2 aromatic heterocycles. The van der Waals surface area contributed by atoms with E-state index in [9.17, 15) is 4.79 Å². The molecule has 0 saturated heterocycles. The summed E-state index contributed by atoms with van der Waals surface area (Å²) in [5, 5.41) is 5.63. The smallest absolute Gasteiger partial charge is 0.315 e. The van der Waals surface area contributed by atoms with Gasteiger partial charge in [0.2, 0.25) is 5.88 Å². The second-order valence-electron chi connectivity index (χ2n) is 5.12. The van der Waals surface area contributed by atoms with Gasteiger partial charge >= 0.3 is 6.03 Å². The summed E-state index contributed by atoms with van der Waals surface area (Å²) in [6.45, 7) is 0.811. The Labute approximate surface area is 135 Å². The average Bonchev–Trinajstić information content (AvgIpc) is 2.58. The topological polar surface area (TPSA) is 79.4 Å². The van der Waals surface area contributed by atoms with Crippen LogP contribution in [-0.4, -0.2) is 37.2 Å². The van der Waals surface area contributed by atoms with Gasteiger partial charge in [-0.25, -0.2) is 14.8 Å². The van der Waals surface area contributed by atoms with E-state index in [1.807, 2.05) is 37.2 Å². The van der Waals surface area contributed by atoms with Crippen molar-refractivity contribution in [2.45, 2.75) is 13.1 Å². The van der Waals surface area contributed by atoms with Crippen molar-refractivity contribution >= 4 is 11.8 Å². The van der Waals surface area contributed by atoms with Gasteiger partial charge in [-0.15, -0.1) is 0 Å². The summed E-state index contributed by atoms with van der Waals surface area (Å²) in [4.78, 5) is 22.2. The lowest BCUT2D eigenvalue weighted by molar-refractivity contribution is 0.240. The Morgan fingerprint density at radius 2 is 1.96 bits per heavy atom. The highest BCUT2D eigenvalue weighted by Crippen LogP contribution is 2.13. The normalized spacial score (nSPS) is 10.0. The van der Waals surface area contributed by atoms with E-state index in [-0.39, 0.29) is 6.03 Å². The van der Waals surface area contributed by atoms with Gasteiger partial charge < -0.3 is 20.3 Å². The van der Waals surface area contributed by atoms with Gasteiger partial charge in [0.05, 0.1) is 7.11 Å². The fourth-order valence-electron chi connectivity index (χ4n) is 2.06. The molecule has 0 atom stereocenters. The summed E-state index contributed by atoms with van der Waals surface area (Å²) in [6.07, 6.45) is 3.38. The molecule has 23 heavy (non-hydrogen) atoms. The first-order valence-electron chi connectivity index (χ1n) is 7.22. The third-order valence-electron chi connectivity index (χ3n) is 3.19. The predicted molar refractivity (Wildman–Crippen MR) is 88.4 cm³/mol. The van der Waals surface area contributed by atoms with Crippen LogP contribution in [-0.2, 0) is 13.1 Å². The average molecular weight is 315 g/mol. The third kappa shape index (κ3) is 4.84. The summed E-state index contributed by atoms with van der Waals surface area (Å²) in [7, 11) is 5.40. The Morgan fingerprint density at radius 3 is 2.70 bits per heavy atom. The molecule has 122 valence electrons. The van der Waals surface area contributed by atoms with Crippen molar-refractivity contribution in [2.24, 2.45) is 0 Å². The Balaban J connectivity index is 1.86.